The van der Waals surface area contributed by atoms with Crippen molar-refractivity contribution >= 4 is 22.7 Å². The molecule has 204 valence electrons. The van der Waals surface area contributed by atoms with Gasteiger partial charge in [0.25, 0.3) is 5.92 Å². The van der Waals surface area contributed by atoms with Crippen LogP contribution in [0.2, 0.25) is 0 Å². The smallest absolute Gasteiger partial charge is 0.307 e. The second kappa shape index (κ2) is 9.98. The molecule has 0 spiro atoms. The number of carboxylic acids is 1. The molecule has 10 heteroatoms. The lowest BCUT2D eigenvalue weighted by Crippen LogP contribution is -2.56. The van der Waals surface area contributed by atoms with Crippen LogP contribution in [-0.4, -0.2) is 49.4 Å². The summed E-state index contributed by atoms with van der Waals surface area (Å²) in [6, 6.07) is 15.3. The van der Waals surface area contributed by atoms with Crippen molar-refractivity contribution in [1.29, 1.82) is 0 Å². The molecular formula is C29H31F2N5O3. The van der Waals surface area contributed by atoms with Gasteiger partial charge in [0.1, 0.15) is 18.2 Å². The molecule has 1 unspecified atom stereocenters. The van der Waals surface area contributed by atoms with Crippen LogP contribution in [0.3, 0.4) is 0 Å². The Morgan fingerprint density at radius 1 is 1.10 bits per heavy atom. The van der Waals surface area contributed by atoms with Crippen molar-refractivity contribution in [2.24, 2.45) is 13.0 Å². The zero-order valence-corrected chi connectivity index (χ0v) is 21.8. The van der Waals surface area contributed by atoms with E-state index in [2.05, 4.69) is 9.67 Å². The van der Waals surface area contributed by atoms with Crippen LogP contribution < -0.4 is 9.64 Å². The maximum atomic E-state index is 13.3. The molecule has 1 aliphatic heterocycles. The summed E-state index contributed by atoms with van der Waals surface area (Å²) in [6.45, 7) is 0.285. The number of nitrogens with zero attached hydrogens (tertiary/aromatic N) is 5. The lowest BCUT2D eigenvalue weighted by Gasteiger charge is -2.40. The lowest BCUT2D eigenvalue weighted by molar-refractivity contribution is -0.143. The van der Waals surface area contributed by atoms with Crippen molar-refractivity contribution in [3.05, 3.63) is 71.8 Å². The maximum absolute atomic E-state index is 13.3. The summed E-state index contributed by atoms with van der Waals surface area (Å²) in [4.78, 5) is 18.8. The summed E-state index contributed by atoms with van der Waals surface area (Å²) >= 11 is 0. The molecule has 1 saturated heterocycles. The number of halogens is 2. The minimum atomic E-state index is -2.62. The van der Waals surface area contributed by atoms with Crippen LogP contribution in [0.15, 0.2) is 54.7 Å². The first-order valence-electron chi connectivity index (χ1n) is 13.3. The fourth-order valence-electron chi connectivity index (χ4n) is 5.78. The second-order valence-electron chi connectivity index (χ2n) is 10.7. The van der Waals surface area contributed by atoms with Crippen molar-refractivity contribution < 1.29 is 23.4 Å². The number of rotatable bonds is 8. The van der Waals surface area contributed by atoms with Crippen LogP contribution in [0.4, 0.5) is 14.5 Å². The predicted molar refractivity (Wildman–Crippen MR) is 142 cm³/mol. The number of carbonyl (C=O) groups is 1. The number of aryl methyl sites for hydroxylation is 1. The SMILES string of the molecule is Cn1ccc(COc2ccc3nc(C4CCCC[C@@H]4C(=O)O)n(Cc4ccc(N5CC(F)(F)C5)cc4)c3c2)n1. The number of fused-ring (bicyclic) bond motifs is 1. The monoisotopic (exact) mass is 535 g/mol. The number of alkyl halides is 2. The van der Waals surface area contributed by atoms with Crippen LogP contribution in [0.1, 0.15) is 48.7 Å². The number of anilines is 1. The standard InChI is InChI=1S/C29H31F2N5O3/c1-34-13-12-20(33-34)16-39-22-10-11-25-26(14-22)36(27(32-25)23-4-2-3-5-24(23)28(37)38)15-19-6-8-21(9-7-19)35-17-29(30,31)18-35/h6-14,23-24H,2-5,15-18H2,1H3,(H,37,38)/t23?,24-/m0/s1. The Morgan fingerprint density at radius 2 is 1.87 bits per heavy atom. The Bertz CT molecular complexity index is 1490. The Morgan fingerprint density at radius 3 is 2.56 bits per heavy atom. The van der Waals surface area contributed by atoms with E-state index >= 15 is 0 Å². The molecule has 1 saturated carbocycles. The number of aromatic nitrogens is 4. The second-order valence-corrected chi connectivity index (χ2v) is 10.7. The molecule has 0 radical (unpaired) electrons. The Balaban J connectivity index is 1.33. The van der Waals surface area contributed by atoms with Gasteiger partial charge in [0.05, 0.1) is 35.7 Å². The molecule has 2 aromatic carbocycles. The van der Waals surface area contributed by atoms with Crippen LogP contribution in [0.5, 0.6) is 5.75 Å². The highest BCUT2D eigenvalue weighted by Gasteiger charge is 2.43. The van der Waals surface area contributed by atoms with Gasteiger partial charge in [-0.2, -0.15) is 5.10 Å². The molecule has 0 amide bonds. The van der Waals surface area contributed by atoms with Crippen molar-refractivity contribution in [1.82, 2.24) is 19.3 Å². The van der Waals surface area contributed by atoms with Gasteiger partial charge in [-0.25, -0.2) is 13.8 Å². The summed E-state index contributed by atoms with van der Waals surface area (Å²) in [5.74, 6) is -2.64. The molecule has 1 N–H and O–H groups in total. The van der Waals surface area contributed by atoms with Gasteiger partial charge in [0.15, 0.2) is 0 Å². The van der Waals surface area contributed by atoms with Gasteiger partial charge in [-0.1, -0.05) is 25.0 Å². The molecule has 2 aromatic heterocycles. The number of benzene rings is 2. The summed E-state index contributed by atoms with van der Waals surface area (Å²) in [7, 11) is 1.86. The van der Waals surface area contributed by atoms with E-state index in [4.69, 9.17) is 9.72 Å². The minimum absolute atomic E-state index is 0.191. The third-order valence-corrected chi connectivity index (χ3v) is 7.81. The highest BCUT2D eigenvalue weighted by molar-refractivity contribution is 5.79. The molecule has 3 heterocycles. The fourth-order valence-corrected chi connectivity index (χ4v) is 5.78. The first kappa shape index (κ1) is 25.3. The maximum Gasteiger partial charge on any atom is 0.307 e. The molecule has 2 fully saturated rings. The zero-order valence-electron chi connectivity index (χ0n) is 21.8. The third-order valence-electron chi connectivity index (χ3n) is 7.81. The van der Waals surface area contributed by atoms with E-state index in [0.717, 1.165) is 53.1 Å². The first-order valence-corrected chi connectivity index (χ1v) is 13.3. The zero-order chi connectivity index (χ0) is 27.1. The molecule has 4 aromatic rings. The topological polar surface area (TPSA) is 85.4 Å². The van der Waals surface area contributed by atoms with Crippen molar-refractivity contribution in [3.8, 4) is 5.75 Å². The molecule has 39 heavy (non-hydrogen) atoms. The molecule has 6 rings (SSSR count). The number of hydrogen-bond donors (Lipinski definition) is 1. The van der Waals surface area contributed by atoms with E-state index in [0.29, 0.717) is 25.3 Å². The molecule has 2 aliphatic rings. The Hall–Kier alpha value is -3.95. The van der Waals surface area contributed by atoms with E-state index in [1.54, 1.807) is 9.58 Å². The van der Waals surface area contributed by atoms with Gasteiger partial charge in [0, 0.05) is 37.5 Å². The lowest BCUT2D eigenvalue weighted by atomic mass is 9.78. The highest BCUT2D eigenvalue weighted by atomic mass is 19.3. The average Bonchev–Trinajstić information content (AvgIpc) is 3.49. The van der Waals surface area contributed by atoms with Gasteiger partial charge in [-0.05, 0) is 48.7 Å². The Labute approximate surface area is 224 Å². The summed E-state index contributed by atoms with van der Waals surface area (Å²) in [5.41, 5.74) is 4.21. The molecular weight excluding hydrogens is 504 g/mol. The van der Waals surface area contributed by atoms with Gasteiger partial charge >= 0.3 is 5.97 Å². The molecule has 2 atom stereocenters. The molecule has 0 bridgehead atoms. The van der Waals surface area contributed by atoms with Gasteiger partial charge in [0.2, 0.25) is 0 Å². The number of aliphatic carboxylic acids is 1. The summed E-state index contributed by atoms with van der Waals surface area (Å²) < 4.78 is 36.5. The normalized spacial score (nSPS) is 20.6. The fraction of sp³-hybridized carbons (Fsp3) is 0.414. The average molecular weight is 536 g/mol. The van der Waals surface area contributed by atoms with E-state index in [1.807, 2.05) is 61.8 Å². The van der Waals surface area contributed by atoms with Crippen LogP contribution in [0.25, 0.3) is 11.0 Å². The van der Waals surface area contributed by atoms with E-state index in [9.17, 15) is 18.7 Å². The van der Waals surface area contributed by atoms with Crippen LogP contribution in [0, 0.1) is 5.92 Å². The quantitative estimate of drug-likeness (QED) is 0.333. The predicted octanol–water partition coefficient (Wildman–Crippen LogP) is 5.21. The Kier molecular flexibility index (Phi) is 6.48. The highest BCUT2D eigenvalue weighted by Crippen LogP contribution is 2.40. The number of carboxylic acid groups (broad SMARTS) is 1. The van der Waals surface area contributed by atoms with E-state index in [1.165, 1.54) is 0 Å². The minimum Gasteiger partial charge on any atom is -0.487 e. The molecule has 8 nitrogen and oxygen atoms in total. The number of ether oxygens (including phenoxy) is 1. The van der Waals surface area contributed by atoms with Crippen molar-refractivity contribution in [2.45, 2.75) is 50.7 Å². The van der Waals surface area contributed by atoms with E-state index < -0.39 is 17.8 Å². The largest absolute Gasteiger partial charge is 0.487 e. The van der Waals surface area contributed by atoms with E-state index in [-0.39, 0.29) is 19.0 Å². The number of hydrogen-bond acceptors (Lipinski definition) is 5. The van der Waals surface area contributed by atoms with Gasteiger partial charge in [-0.15, -0.1) is 0 Å². The van der Waals surface area contributed by atoms with Crippen molar-refractivity contribution in [2.75, 3.05) is 18.0 Å². The third kappa shape index (κ3) is 5.20. The summed E-state index contributed by atoms with van der Waals surface area (Å²) in [6.07, 6.45) is 5.13. The number of imidazole rings is 1. The first-order chi connectivity index (χ1) is 18.8. The van der Waals surface area contributed by atoms with Gasteiger partial charge in [-0.3, -0.25) is 9.48 Å². The summed E-state index contributed by atoms with van der Waals surface area (Å²) in [5, 5.41) is 14.3. The van der Waals surface area contributed by atoms with Crippen LogP contribution in [-0.2, 0) is 25.0 Å². The van der Waals surface area contributed by atoms with Crippen molar-refractivity contribution in [3.63, 3.8) is 0 Å². The van der Waals surface area contributed by atoms with Crippen LogP contribution >= 0.6 is 0 Å². The van der Waals surface area contributed by atoms with Gasteiger partial charge < -0.3 is 19.3 Å². The molecule has 1 aliphatic carbocycles.